The predicted molar refractivity (Wildman–Crippen MR) is 116 cm³/mol. The normalized spacial score (nSPS) is 14.0. The Morgan fingerprint density at radius 1 is 1.10 bits per heavy atom. The number of nitrogens with one attached hydrogen (secondary N) is 2. The molecule has 2 aromatic carbocycles. The number of nitrogens with zero attached hydrogens (tertiary/aromatic N) is 1. The molecule has 1 aromatic heterocycles. The Labute approximate surface area is 175 Å². The first-order valence-electron chi connectivity index (χ1n) is 10.2. The molecule has 1 aliphatic rings. The number of ether oxygens (including phenoxy) is 1. The summed E-state index contributed by atoms with van der Waals surface area (Å²) in [7, 11) is 1.53. The fourth-order valence-corrected chi connectivity index (χ4v) is 4.06. The van der Waals surface area contributed by atoms with Gasteiger partial charge in [-0.3, -0.25) is 9.59 Å². The van der Waals surface area contributed by atoms with Gasteiger partial charge in [-0.05, 0) is 54.5 Å². The molecular weight excluding hydrogens is 378 g/mol. The molecule has 0 saturated heterocycles. The number of benzene rings is 2. The lowest BCUT2D eigenvalue weighted by Gasteiger charge is -2.18. The Morgan fingerprint density at radius 2 is 1.87 bits per heavy atom. The Kier molecular flexibility index (Phi) is 6.05. The summed E-state index contributed by atoms with van der Waals surface area (Å²) in [5.41, 5.74) is 5.33. The maximum Gasteiger partial charge on any atom is 0.267 e. The number of aromatic nitrogens is 2. The van der Waals surface area contributed by atoms with Gasteiger partial charge in [0.15, 0.2) is 6.10 Å². The van der Waals surface area contributed by atoms with Crippen LogP contribution in [0.25, 0.3) is 0 Å². The molecule has 0 fully saturated rings. The zero-order chi connectivity index (χ0) is 20.9. The van der Waals surface area contributed by atoms with Crippen LogP contribution < -0.4 is 10.9 Å². The van der Waals surface area contributed by atoms with Crippen molar-refractivity contribution in [3.63, 3.8) is 0 Å². The molecule has 0 spiro atoms. The quantitative estimate of drug-likeness (QED) is 0.659. The fourth-order valence-electron chi connectivity index (χ4n) is 4.06. The first-order chi connectivity index (χ1) is 14.7. The summed E-state index contributed by atoms with van der Waals surface area (Å²) in [6, 6.07) is 17.1. The minimum Gasteiger partial charge on any atom is -0.367 e. The topological polar surface area (TPSA) is 84.1 Å². The Hall–Kier alpha value is -3.25. The number of hydrogen-bond acceptors (Lipinski definition) is 4. The number of hydrogen-bond donors (Lipinski definition) is 2. The Morgan fingerprint density at radius 3 is 2.63 bits per heavy atom. The van der Waals surface area contributed by atoms with Crippen molar-refractivity contribution in [2.24, 2.45) is 0 Å². The molecule has 0 saturated carbocycles. The van der Waals surface area contributed by atoms with Crippen LogP contribution >= 0.6 is 0 Å². The molecule has 154 valence electrons. The van der Waals surface area contributed by atoms with Crippen LogP contribution in [0, 0.1) is 0 Å². The monoisotopic (exact) mass is 403 g/mol. The van der Waals surface area contributed by atoms with E-state index in [0.717, 1.165) is 53.6 Å². The number of carbonyl (C=O) groups is 1. The van der Waals surface area contributed by atoms with Gasteiger partial charge in [-0.15, -0.1) is 0 Å². The minimum atomic E-state index is -0.678. The zero-order valence-electron chi connectivity index (χ0n) is 17.0. The second-order valence-corrected chi connectivity index (χ2v) is 7.56. The summed E-state index contributed by atoms with van der Waals surface area (Å²) < 4.78 is 5.41. The number of H-pyrrole nitrogens is 1. The van der Waals surface area contributed by atoms with Crippen molar-refractivity contribution in [2.75, 3.05) is 12.4 Å². The van der Waals surface area contributed by atoms with Gasteiger partial charge in [0.1, 0.15) is 0 Å². The Bertz CT molecular complexity index is 1090. The van der Waals surface area contributed by atoms with E-state index in [4.69, 9.17) is 4.74 Å². The van der Waals surface area contributed by atoms with Gasteiger partial charge in [0.2, 0.25) is 0 Å². The fraction of sp³-hybridized carbons (Fsp3) is 0.292. The third-order valence-corrected chi connectivity index (χ3v) is 5.52. The lowest BCUT2D eigenvalue weighted by molar-refractivity contribution is -0.126. The van der Waals surface area contributed by atoms with Crippen molar-refractivity contribution in [1.29, 1.82) is 0 Å². The van der Waals surface area contributed by atoms with E-state index in [1.165, 1.54) is 7.11 Å². The lowest BCUT2D eigenvalue weighted by Crippen LogP contribution is -2.23. The molecule has 2 N–H and O–H groups in total. The average Bonchev–Trinajstić information content (AvgIpc) is 2.77. The van der Waals surface area contributed by atoms with Crippen molar-refractivity contribution in [3.8, 4) is 0 Å². The number of rotatable bonds is 6. The summed E-state index contributed by atoms with van der Waals surface area (Å²) in [6.45, 7) is 0. The number of anilines is 1. The summed E-state index contributed by atoms with van der Waals surface area (Å²) >= 11 is 0. The van der Waals surface area contributed by atoms with E-state index >= 15 is 0 Å². The van der Waals surface area contributed by atoms with Crippen molar-refractivity contribution in [3.05, 3.63) is 92.9 Å². The highest BCUT2D eigenvalue weighted by Gasteiger charge is 2.21. The molecule has 0 bridgehead atoms. The van der Waals surface area contributed by atoms with Gasteiger partial charge in [-0.2, -0.15) is 5.10 Å². The van der Waals surface area contributed by atoms with Crippen molar-refractivity contribution in [1.82, 2.24) is 10.2 Å². The third kappa shape index (κ3) is 4.33. The number of amides is 1. The van der Waals surface area contributed by atoms with Crippen molar-refractivity contribution >= 4 is 11.6 Å². The molecule has 4 rings (SSSR count). The maximum absolute atomic E-state index is 12.8. The zero-order valence-corrected chi connectivity index (χ0v) is 17.0. The van der Waals surface area contributed by atoms with Crippen LogP contribution in [0.3, 0.4) is 0 Å². The van der Waals surface area contributed by atoms with Gasteiger partial charge in [0, 0.05) is 24.8 Å². The summed E-state index contributed by atoms with van der Waals surface area (Å²) in [5.74, 6) is -0.222. The molecule has 1 atom stereocenters. The maximum atomic E-state index is 12.8. The molecule has 1 amide bonds. The first-order valence-corrected chi connectivity index (χ1v) is 10.2. The van der Waals surface area contributed by atoms with Gasteiger partial charge < -0.3 is 10.1 Å². The van der Waals surface area contributed by atoms with Crippen molar-refractivity contribution < 1.29 is 9.53 Å². The highest BCUT2D eigenvalue weighted by Crippen LogP contribution is 2.24. The second kappa shape index (κ2) is 9.05. The number of fused-ring (bicyclic) bond motifs is 1. The molecule has 0 unspecified atom stereocenters. The molecule has 1 aliphatic carbocycles. The summed E-state index contributed by atoms with van der Waals surface area (Å²) in [5, 5.41) is 9.90. The van der Waals surface area contributed by atoms with E-state index in [1.54, 1.807) is 0 Å². The number of aromatic amines is 1. The standard InChI is InChI=1S/C24H25N3O3/c1-30-22(17-9-3-2-4-10-17)24(29)25-18-11-7-8-16(14-18)15-21-19-12-5-6-13-20(19)23(28)27-26-21/h2-4,7-11,14,22H,5-6,12-13,15H2,1H3,(H,25,29)(H,27,28)/t22-/m1/s1. The largest absolute Gasteiger partial charge is 0.367 e. The van der Waals surface area contributed by atoms with Gasteiger partial charge in [-0.25, -0.2) is 5.10 Å². The van der Waals surface area contributed by atoms with E-state index in [9.17, 15) is 9.59 Å². The van der Waals surface area contributed by atoms with Crippen LogP contribution in [0.4, 0.5) is 5.69 Å². The highest BCUT2D eigenvalue weighted by molar-refractivity contribution is 5.94. The molecule has 6 heteroatoms. The summed E-state index contributed by atoms with van der Waals surface area (Å²) in [6.07, 6.45) is 3.76. The predicted octanol–water partition coefficient (Wildman–Crippen LogP) is 3.57. The highest BCUT2D eigenvalue weighted by atomic mass is 16.5. The van der Waals surface area contributed by atoms with E-state index in [0.29, 0.717) is 12.1 Å². The molecule has 0 aliphatic heterocycles. The van der Waals surface area contributed by atoms with Crippen LogP contribution in [0.5, 0.6) is 0 Å². The smallest absolute Gasteiger partial charge is 0.267 e. The average molecular weight is 403 g/mol. The van der Waals surface area contributed by atoms with Gasteiger partial charge >= 0.3 is 0 Å². The molecule has 1 heterocycles. The lowest BCUT2D eigenvalue weighted by atomic mass is 9.90. The number of methoxy groups -OCH3 is 1. The van der Waals surface area contributed by atoms with Crippen LogP contribution in [0.15, 0.2) is 59.4 Å². The third-order valence-electron chi connectivity index (χ3n) is 5.52. The van der Waals surface area contributed by atoms with Gasteiger partial charge in [-0.1, -0.05) is 42.5 Å². The minimum absolute atomic E-state index is 0.0685. The van der Waals surface area contributed by atoms with Crippen LogP contribution in [0.1, 0.15) is 46.9 Å². The Balaban J connectivity index is 1.52. The number of carbonyl (C=O) groups excluding carboxylic acids is 1. The van der Waals surface area contributed by atoms with Gasteiger partial charge in [0.05, 0.1) is 5.69 Å². The van der Waals surface area contributed by atoms with Crippen LogP contribution in [-0.4, -0.2) is 23.2 Å². The molecule has 0 radical (unpaired) electrons. The first kappa shape index (κ1) is 20.0. The molecule has 3 aromatic rings. The van der Waals surface area contributed by atoms with E-state index in [2.05, 4.69) is 15.5 Å². The molecule has 30 heavy (non-hydrogen) atoms. The second-order valence-electron chi connectivity index (χ2n) is 7.56. The van der Waals surface area contributed by atoms with Gasteiger partial charge in [0.25, 0.3) is 11.5 Å². The summed E-state index contributed by atoms with van der Waals surface area (Å²) in [4.78, 5) is 24.8. The van der Waals surface area contributed by atoms with Crippen LogP contribution in [0.2, 0.25) is 0 Å². The molecule has 6 nitrogen and oxygen atoms in total. The molecular formula is C24H25N3O3. The van der Waals surface area contributed by atoms with Crippen LogP contribution in [-0.2, 0) is 28.8 Å². The van der Waals surface area contributed by atoms with E-state index in [-0.39, 0.29) is 11.5 Å². The van der Waals surface area contributed by atoms with Crippen molar-refractivity contribution in [2.45, 2.75) is 38.2 Å². The van der Waals surface area contributed by atoms with E-state index < -0.39 is 6.10 Å². The van der Waals surface area contributed by atoms with E-state index in [1.807, 2.05) is 54.6 Å². The SMILES string of the molecule is CO[C@@H](C(=O)Nc1cccc(Cc2n[nH]c(=O)c3c2CCCC3)c1)c1ccccc1.